The lowest BCUT2D eigenvalue weighted by molar-refractivity contribution is -0.129. The number of thioether (sulfide) groups is 1. The highest BCUT2D eigenvalue weighted by molar-refractivity contribution is 8.14. The van der Waals surface area contributed by atoms with Gasteiger partial charge in [0.1, 0.15) is 16.9 Å². The number of halogens is 1. The fourth-order valence-corrected chi connectivity index (χ4v) is 3.94. The zero-order valence-corrected chi connectivity index (χ0v) is 18.2. The fourth-order valence-electron chi connectivity index (χ4n) is 2.68. The first-order chi connectivity index (χ1) is 14.4. The first-order valence-electron chi connectivity index (χ1n) is 9.36. The predicted octanol–water partition coefficient (Wildman–Crippen LogP) is 4.19. The molecule has 0 aromatic heterocycles. The number of hydrazone groups is 1. The Labute approximate surface area is 184 Å². The van der Waals surface area contributed by atoms with Gasteiger partial charge in [0.05, 0.1) is 13.2 Å². The van der Waals surface area contributed by atoms with Crippen LogP contribution in [0.15, 0.2) is 53.6 Å². The predicted molar refractivity (Wildman–Crippen MR) is 118 cm³/mol. The highest BCUT2D eigenvalue weighted by Crippen LogP contribution is 2.39. The van der Waals surface area contributed by atoms with Crippen LogP contribution in [0.25, 0.3) is 0 Å². The van der Waals surface area contributed by atoms with E-state index in [-0.39, 0.29) is 17.2 Å². The van der Waals surface area contributed by atoms with Gasteiger partial charge >= 0.3 is 0 Å². The van der Waals surface area contributed by atoms with Crippen molar-refractivity contribution < 1.29 is 19.1 Å². The molecule has 0 saturated heterocycles. The minimum atomic E-state index is -0.328. The molecular weight excluding hydrogens is 426 g/mol. The van der Waals surface area contributed by atoms with E-state index in [1.165, 1.54) is 30.6 Å². The summed E-state index contributed by atoms with van der Waals surface area (Å²) >= 11 is 7.16. The second-order valence-corrected chi connectivity index (χ2v) is 8.00. The van der Waals surface area contributed by atoms with Gasteiger partial charge in [-0.25, -0.2) is 5.01 Å². The molecule has 0 radical (unpaired) electrons. The smallest absolute Gasteiger partial charge is 0.241 e. The number of nitrogens with one attached hydrogen (secondary N) is 1. The van der Waals surface area contributed by atoms with E-state index in [0.29, 0.717) is 23.4 Å². The minimum absolute atomic E-state index is 0.200. The summed E-state index contributed by atoms with van der Waals surface area (Å²) in [7, 11) is 0. The van der Waals surface area contributed by atoms with Gasteiger partial charge in [0.15, 0.2) is 5.17 Å². The molecule has 0 bridgehead atoms. The van der Waals surface area contributed by atoms with Gasteiger partial charge in [-0.3, -0.25) is 9.59 Å². The van der Waals surface area contributed by atoms with Gasteiger partial charge in [-0.2, -0.15) is 0 Å². The molecule has 3 rings (SSSR count). The summed E-state index contributed by atoms with van der Waals surface area (Å²) in [5.41, 5.74) is 0.887. The molecule has 7 nitrogen and oxygen atoms in total. The van der Waals surface area contributed by atoms with Crippen molar-refractivity contribution in [2.24, 2.45) is 5.10 Å². The van der Waals surface area contributed by atoms with Crippen molar-refractivity contribution in [2.45, 2.75) is 25.6 Å². The number of hydrogen-bond acceptors (Lipinski definition) is 6. The lowest BCUT2D eigenvalue weighted by Crippen LogP contribution is -2.25. The zero-order chi connectivity index (χ0) is 21.5. The van der Waals surface area contributed by atoms with E-state index in [4.69, 9.17) is 21.1 Å². The van der Waals surface area contributed by atoms with Crippen molar-refractivity contribution in [3.05, 3.63) is 59.1 Å². The molecule has 2 aromatic carbocycles. The van der Waals surface area contributed by atoms with E-state index in [1.54, 1.807) is 12.1 Å². The van der Waals surface area contributed by atoms with E-state index in [2.05, 4.69) is 10.4 Å². The quantitative estimate of drug-likeness (QED) is 0.644. The van der Waals surface area contributed by atoms with Crippen LogP contribution in [0, 0.1) is 0 Å². The van der Waals surface area contributed by atoms with Crippen LogP contribution in [0.3, 0.4) is 0 Å². The number of rotatable bonds is 7. The number of amidine groups is 1. The number of amides is 2. The summed E-state index contributed by atoms with van der Waals surface area (Å²) in [6, 6.07) is 14.7. The Balaban J connectivity index is 1.48. The highest BCUT2D eigenvalue weighted by Gasteiger charge is 2.32. The highest BCUT2D eigenvalue weighted by atomic mass is 35.5. The van der Waals surface area contributed by atoms with Gasteiger partial charge in [0.25, 0.3) is 0 Å². The van der Waals surface area contributed by atoms with Gasteiger partial charge in [0.2, 0.25) is 11.8 Å². The Hall–Kier alpha value is -2.71. The SMILES string of the molecule is CC(=O)NC1=NN(C(C)=O)[C@H](c2ccc(OCCCOc3ccc(Cl)cc3)cc2)S1. The second kappa shape index (κ2) is 10.4. The van der Waals surface area contributed by atoms with Crippen molar-refractivity contribution in [1.29, 1.82) is 0 Å². The summed E-state index contributed by atoms with van der Waals surface area (Å²) in [6.07, 6.45) is 0.731. The Bertz CT molecular complexity index is 919. The number of benzene rings is 2. The second-order valence-electron chi connectivity index (χ2n) is 6.49. The Morgan fingerprint density at radius 2 is 1.60 bits per heavy atom. The summed E-state index contributed by atoms with van der Waals surface area (Å²) in [6.45, 7) is 3.90. The Morgan fingerprint density at radius 1 is 1.03 bits per heavy atom. The maximum Gasteiger partial charge on any atom is 0.241 e. The normalized spacial score (nSPS) is 15.5. The van der Waals surface area contributed by atoms with Gasteiger partial charge in [-0.15, -0.1) is 5.10 Å². The largest absolute Gasteiger partial charge is 0.493 e. The molecule has 1 heterocycles. The van der Waals surface area contributed by atoms with Crippen molar-refractivity contribution >= 4 is 40.3 Å². The number of hydrogen-bond donors (Lipinski definition) is 1. The third-order valence-electron chi connectivity index (χ3n) is 4.05. The molecule has 158 valence electrons. The van der Waals surface area contributed by atoms with Crippen molar-refractivity contribution in [3.63, 3.8) is 0 Å². The summed E-state index contributed by atoms with van der Waals surface area (Å²) in [4.78, 5) is 23.2. The van der Waals surface area contributed by atoms with E-state index in [1.807, 2.05) is 36.4 Å². The van der Waals surface area contributed by atoms with Crippen LogP contribution in [-0.4, -0.2) is 35.2 Å². The summed E-state index contributed by atoms with van der Waals surface area (Å²) in [5, 5.41) is 8.93. The lowest BCUT2D eigenvalue weighted by Gasteiger charge is -2.19. The number of carbonyl (C=O) groups is 2. The number of ether oxygens (including phenoxy) is 2. The van der Waals surface area contributed by atoms with Crippen LogP contribution >= 0.6 is 23.4 Å². The van der Waals surface area contributed by atoms with Crippen molar-refractivity contribution in [1.82, 2.24) is 10.3 Å². The molecule has 1 atom stereocenters. The molecule has 0 spiro atoms. The standard InChI is InChI=1S/C21H22ClN3O4S/c1-14(26)23-21-24-25(15(2)27)20(30-21)16-4-8-18(9-5-16)28-12-3-13-29-19-10-6-17(22)7-11-19/h4-11,20H,3,12-13H2,1-2H3,(H,23,24,26)/t20-/m0/s1. The maximum absolute atomic E-state index is 11.9. The molecule has 0 saturated carbocycles. The molecule has 1 aliphatic rings. The molecule has 1 aliphatic heterocycles. The fraction of sp³-hybridized carbons (Fsp3) is 0.286. The Kier molecular flexibility index (Phi) is 7.59. The van der Waals surface area contributed by atoms with E-state index in [0.717, 1.165) is 23.5 Å². The molecule has 0 aliphatic carbocycles. The first kappa shape index (κ1) is 22.0. The van der Waals surface area contributed by atoms with Crippen LogP contribution in [0.1, 0.15) is 31.2 Å². The lowest BCUT2D eigenvalue weighted by atomic mass is 10.2. The third-order valence-corrected chi connectivity index (χ3v) is 5.41. The summed E-state index contributed by atoms with van der Waals surface area (Å²) in [5.74, 6) is 1.07. The van der Waals surface area contributed by atoms with Crippen LogP contribution in [0.4, 0.5) is 0 Å². The van der Waals surface area contributed by atoms with Crippen LogP contribution in [0.2, 0.25) is 5.02 Å². The molecule has 2 aromatic rings. The molecule has 2 amide bonds. The zero-order valence-electron chi connectivity index (χ0n) is 16.6. The topological polar surface area (TPSA) is 80.2 Å². The van der Waals surface area contributed by atoms with E-state index in [9.17, 15) is 9.59 Å². The first-order valence-corrected chi connectivity index (χ1v) is 10.6. The van der Waals surface area contributed by atoms with Gasteiger partial charge in [-0.05, 0) is 42.0 Å². The maximum atomic E-state index is 11.9. The molecule has 0 unspecified atom stereocenters. The van der Waals surface area contributed by atoms with Gasteiger partial charge in [-0.1, -0.05) is 35.5 Å². The molecular formula is C21H22ClN3O4S. The average molecular weight is 448 g/mol. The van der Waals surface area contributed by atoms with Crippen LogP contribution < -0.4 is 14.8 Å². The molecule has 0 fully saturated rings. The molecule has 9 heteroatoms. The average Bonchev–Trinajstić information content (AvgIpc) is 3.13. The van der Waals surface area contributed by atoms with Crippen molar-refractivity contribution in [3.8, 4) is 11.5 Å². The monoisotopic (exact) mass is 447 g/mol. The number of nitrogens with zero attached hydrogens (tertiary/aromatic N) is 2. The Morgan fingerprint density at radius 3 is 2.13 bits per heavy atom. The number of carbonyl (C=O) groups excluding carboxylic acids is 2. The van der Waals surface area contributed by atoms with E-state index >= 15 is 0 Å². The third kappa shape index (κ3) is 6.14. The van der Waals surface area contributed by atoms with Crippen LogP contribution in [-0.2, 0) is 9.59 Å². The van der Waals surface area contributed by atoms with E-state index < -0.39 is 0 Å². The molecule has 30 heavy (non-hydrogen) atoms. The minimum Gasteiger partial charge on any atom is -0.493 e. The molecule has 1 N–H and O–H groups in total. The van der Waals surface area contributed by atoms with Crippen LogP contribution in [0.5, 0.6) is 11.5 Å². The summed E-state index contributed by atoms with van der Waals surface area (Å²) < 4.78 is 11.4. The van der Waals surface area contributed by atoms with Gasteiger partial charge in [0, 0.05) is 25.3 Å². The van der Waals surface area contributed by atoms with Crippen molar-refractivity contribution in [2.75, 3.05) is 13.2 Å². The van der Waals surface area contributed by atoms with Gasteiger partial charge < -0.3 is 14.8 Å².